The first-order valence-corrected chi connectivity index (χ1v) is 8.35. The number of esters is 1. The van der Waals surface area contributed by atoms with E-state index in [-0.39, 0.29) is 17.8 Å². The van der Waals surface area contributed by atoms with Crippen LogP contribution in [0.5, 0.6) is 0 Å². The van der Waals surface area contributed by atoms with Gasteiger partial charge in [-0.1, -0.05) is 18.2 Å². The van der Waals surface area contributed by atoms with E-state index in [4.69, 9.17) is 4.74 Å². The Morgan fingerprint density at radius 1 is 1.35 bits per heavy atom. The number of hydrogen-bond acceptors (Lipinski definition) is 4. The van der Waals surface area contributed by atoms with Gasteiger partial charge in [0, 0.05) is 18.7 Å². The van der Waals surface area contributed by atoms with Gasteiger partial charge in [0.2, 0.25) is 0 Å². The smallest absolute Gasteiger partial charge is 0.310 e. The normalized spacial score (nSPS) is 17.8. The summed E-state index contributed by atoms with van der Waals surface area (Å²) in [7, 11) is 1.90. The van der Waals surface area contributed by atoms with Crippen molar-refractivity contribution in [1.29, 1.82) is 0 Å². The molecule has 126 valence electrons. The average molecular weight is 318 g/mol. The van der Waals surface area contributed by atoms with Crippen molar-refractivity contribution in [3.05, 3.63) is 35.4 Å². The number of amides is 1. The molecule has 0 radical (unpaired) electrons. The molecule has 0 bridgehead atoms. The van der Waals surface area contributed by atoms with Gasteiger partial charge in [0.05, 0.1) is 12.5 Å². The SMILES string of the molecule is CCOC(=O)C1CCCN(C(=O)c2ccccc2CCNC)C1. The van der Waals surface area contributed by atoms with Crippen molar-refractivity contribution in [2.75, 3.05) is 33.3 Å². The Balaban J connectivity index is 2.09. The Bertz CT molecular complexity index is 545. The molecule has 0 spiro atoms. The van der Waals surface area contributed by atoms with Gasteiger partial charge < -0.3 is 15.0 Å². The van der Waals surface area contributed by atoms with Crippen LogP contribution in [-0.4, -0.2) is 50.1 Å². The molecular weight excluding hydrogens is 292 g/mol. The number of likely N-dealkylation sites (tertiary alicyclic amines) is 1. The highest BCUT2D eigenvalue weighted by Crippen LogP contribution is 2.21. The predicted molar refractivity (Wildman–Crippen MR) is 89.3 cm³/mol. The molecule has 0 aliphatic carbocycles. The molecule has 1 aliphatic heterocycles. The highest BCUT2D eigenvalue weighted by Gasteiger charge is 2.30. The molecule has 1 aliphatic rings. The Kier molecular flexibility index (Phi) is 6.59. The summed E-state index contributed by atoms with van der Waals surface area (Å²) in [5.41, 5.74) is 1.79. The van der Waals surface area contributed by atoms with Crippen LogP contribution in [0.4, 0.5) is 0 Å². The van der Waals surface area contributed by atoms with E-state index in [0.717, 1.165) is 36.9 Å². The van der Waals surface area contributed by atoms with Gasteiger partial charge >= 0.3 is 5.97 Å². The molecule has 1 amide bonds. The molecule has 0 aromatic heterocycles. The van der Waals surface area contributed by atoms with E-state index < -0.39 is 0 Å². The van der Waals surface area contributed by atoms with Crippen molar-refractivity contribution < 1.29 is 14.3 Å². The summed E-state index contributed by atoms with van der Waals surface area (Å²) in [6.07, 6.45) is 2.45. The van der Waals surface area contributed by atoms with Crippen molar-refractivity contribution in [2.24, 2.45) is 5.92 Å². The van der Waals surface area contributed by atoms with Crippen molar-refractivity contribution in [1.82, 2.24) is 10.2 Å². The zero-order valence-electron chi connectivity index (χ0n) is 14.0. The highest BCUT2D eigenvalue weighted by atomic mass is 16.5. The van der Waals surface area contributed by atoms with Crippen LogP contribution in [0, 0.1) is 5.92 Å². The zero-order valence-corrected chi connectivity index (χ0v) is 14.0. The molecule has 2 rings (SSSR count). The molecule has 1 fully saturated rings. The van der Waals surface area contributed by atoms with Crippen LogP contribution in [0.2, 0.25) is 0 Å². The molecular formula is C18H26N2O3. The Morgan fingerprint density at radius 3 is 2.87 bits per heavy atom. The second-order valence-electron chi connectivity index (χ2n) is 5.85. The molecule has 1 atom stereocenters. The number of rotatable bonds is 6. The molecule has 1 saturated heterocycles. The summed E-state index contributed by atoms with van der Waals surface area (Å²) >= 11 is 0. The minimum atomic E-state index is -0.197. The van der Waals surface area contributed by atoms with Crippen LogP contribution in [0.25, 0.3) is 0 Å². The summed E-state index contributed by atoms with van der Waals surface area (Å²) in [6, 6.07) is 7.72. The van der Waals surface area contributed by atoms with E-state index in [1.165, 1.54) is 0 Å². The number of carbonyl (C=O) groups is 2. The van der Waals surface area contributed by atoms with Gasteiger partial charge in [0.15, 0.2) is 0 Å². The van der Waals surface area contributed by atoms with E-state index in [1.54, 1.807) is 4.90 Å². The maximum absolute atomic E-state index is 12.9. The van der Waals surface area contributed by atoms with Crippen molar-refractivity contribution in [3.8, 4) is 0 Å². The Morgan fingerprint density at radius 2 is 2.13 bits per heavy atom. The summed E-state index contributed by atoms with van der Waals surface area (Å²) in [5, 5.41) is 3.11. The lowest BCUT2D eigenvalue weighted by Crippen LogP contribution is -2.43. The van der Waals surface area contributed by atoms with Gasteiger partial charge in [0.1, 0.15) is 0 Å². The molecule has 1 heterocycles. The van der Waals surface area contributed by atoms with Crippen LogP contribution in [0.15, 0.2) is 24.3 Å². The number of carbonyl (C=O) groups excluding carboxylic acids is 2. The lowest BCUT2D eigenvalue weighted by atomic mass is 9.96. The van der Waals surface area contributed by atoms with Gasteiger partial charge in [0.25, 0.3) is 5.91 Å². The van der Waals surface area contributed by atoms with Crippen LogP contribution in [0.3, 0.4) is 0 Å². The largest absolute Gasteiger partial charge is 0.466 e. The maximum Gasteiger partial charge on any atom is 0.310 e. The fourth-order valence-corrected chi connectivity index (χ4v) is 2.99. The Labute approximate surface area is 138 Å². The molecule has 1 aromatic carbocycles. The lowest BCUT2D eigenvalue weighted by Gasteiger charge is -2.32. The molecule has 1 N–H and O–H groups in total. The molecule has 5 heteroatoms. The van der Waals surface area contributed by atoms with E-state index >= 15 is 0 Å². The molecule has 0 saturated carbocycles. The Hall–Kier alpha value is -1.88. The molecule has 23 heavy (non-hydrogen) atoms. The van der Waals surface area contributed by atoms with Crippen LogP contribution in [0.1, 0.15) is 35.7 Å². The topological polar surface area (TPSA) is 58.6 Å². The minimum absolute atomic E-state index is 0.0192. The highest BCUT2D eigenvalue weighted by molar-refractivity contribution is 5.96. The van der Waals surface area contributed by atoms with E-state index in [1.807, 2.05) is 38.2 Å². The zero-order chi connectivity index (χ0) is 16.7. The summed E-state index contributed by atoms with van der Waals surface area (Å²) in [5.74, 6) is -0.365. The van der Waals surface area contributed by atoms with E-state index in [9.17, 15) is 9.59 Å². The third-order valence-electron chi connectivity index (χ3n) is 4.22. The second-order valence-corrected chi connectivity index (χ2v) is 5.85. The van der Waals surface area contributed by atoms with Gasteiger partial charge in [-0.3, -0.25) is 9.59 Å². The number of benzene rings is 1. The monoisotopic (exact) mass is 318 g/mol. The van der Waals surface area contributed by atoms with Gasteiger partial charge in [-0.25, -0.2) is 0 Å². The van der Waals surface area contributed by atoms with Crippen molar-refractivity contribution in [3.63, 3.8) is 0 Å². The van der Waals surface area contributed by atoms with Crippen molar-refractivity contribution in [2.45, 2.75) is 26.2 Å². The minimum Gasteiger partial charge on any atom is -0.466 e. The van der Waals surface area contributed by atoms with Crippen molar-refractivity contribution >= 4 is 11.9 Å². The number of likely N-dealkylation sites (N-methyl/N-ethyl adjacent to an activating group) is 1. The number of ether oxygens (including phenoxy) is 1. The van der Waals surface area contributed by atoms with E-state index in [2.05, 4.69) is 5.32 Å². The van der Waals surface area contributed by atoms with Crippen LogP contribution < -0.4 is 5.32 Å². The first-order chi connectivity index (χ1) is 11.2. The number of nitrogens with one attached hydrogen (secondary N) is 1. The molecule has 1 unspecified atom stereocenters. The maximum atomic E-state index is 12.9. The number of nitrogens with zero attached hydrogens (tertiary/aromatic N) is 1. The number of hydrogen-bond donors (Lipinski definition) is 1. The predicted octanol–water partition coefficient (Wildman–Crippen LogP) is 1.86. The standard InChI is InChI=1S/C18H26N2O3/c1-3-23-18(22)15-8-6-12-20(13-15)17(21)16-9-5-4-7-14(16)10-11-19-2/h4-5,7,9,15,19H,3,6,8,10-13H2,1-2H3. The molecule has 5 nitrogen and oxygen atoms in total. The quantitative estimate of drug-likeness (QED) is 0.814. The van der Waals surface area contributed by atoms with Crippen LogP contribution in [-0.2, 0) is 16.0 Å². The van der Waals surface area contributed by atoms with Gasteiger partial charge in [-0.15, -0.1) is 0 Å². The fraction of sp³-hybridized carbons (Fsp3) is 0.556. The second kappa shape index (κ2) is 8.67. The van der Waals surface area contributed by atoms with Crippen LogP contribution >= 0.6 is 0 Å². The third kappa shape index (κ3) is 4.55. The number of piperidine rings is 1. The summed E-state index contributed by atoms with van der Waals surface area (Å²) in [4.78, 5) is 26.6. The average Bonchev–Trinajstić information content (AvgIpc) is 2.60. The molecule has 1 aromatic rings. The first-order valence-electron chi connectivity index (χ1n) is 8.35. The summed E-state index contributed by atoms with van der Waals surface area (Å²) < 4.78 is 5.11. The lowest BCUT2D eigenvalue weighted by molar-refractivity contribution is -0.149. The summed E-state index contributed by atoms with van der Waals surface area (Å²) in [6.45, 7) is 4.18. The van der Waals surface area contributed by atoms with E-state index in [0.29, 0.717) is 19.7 Å². The fourth-order valence-electron chi connectivity index (χ4n) is 2.99. The first kappa shape index (κ1) is 17.5. The third-order valence-corrected chi connectivity index (χ3v) is 4.22. The van der Waals surface area contributed by atoms with Gasteiger partial charge in [-0.2, -0.15) is 0 Å². The van der Waals surface area contributed by atoms with Gasteiger partial charge in [-0.05, 0) is 51.4 Å².